The molecule has 3 atom stereocenters. The number of amides is 1. The fourth-order valence-electron chi connectivity index (χ4n) is 2.86. The molecule has 3 unspecified atom stereocenters. The lowest BCUT2D eigenvalue weighted by molar-refractivity contribution is -0.133. The molecule has 1 heterocycles. The highest BCUT2D eigenvalue weighted by molar-refractivity contribution is 7.88. The van der Waals surface area contributed by atoms with Crippen LogP contribution in [0.15, 0.2) is 0 Å². The van der Waals surface area contributed by atoms with E-state index < -0.39 is 10.0 Å². The first kappa shape index (κ1) is 18.4. The maximum atomic E-state index is 12.3. The molecule has 6 nitrogen and oxygen atoms in total. The van der Waals surface area contributed by atoms with Crippen molar-refractivity contribution >= 4 is 15.9 Å². The lowest BCUT2D eigenvalue weighted by atomic mass is 9.94. The number of carbonyl (C=O) groups excluding carboxylic acids is 1. The molecule has 21 heavy (non-hydrogen) atoms. The van der Waals surface area contributed by atoms with Gasteiger partial charge < -0.3 is 10.2 Å². The number of nitrogens with one attached hydrogen (secondary N) is 1. The van der Waals surface area contributed by atoms with Gasteiger partial charge in [-0.05, 0) is 33.1 Å². The van der Waals surface area contributed by atoms with Gasteiger partial charge in [0.1, 0.15) is 0 Å². The van der Waals surface area contributed by atoms with E-state index in [0.29, 0.717) is 26.2 Å². The highest BCUT2D eigenvalue weighted by Crippen LogP contribution is 2.19. The largest absolute Gasteiger partial charge is 0.342 e. The van der Waals surface area contributed by atoms with Crippen LogP contribution in [0.1, 0.15) is 34.1 Å². The Hall–Kier alpha value is -0.660. The molecular formula is C14H29N3O3S. The first-order valence-electron chi connectivity index (χ1n) is 7.70. The summed E-state index contributed by atoms with van der Waals surface area (Å²) in [5.41, 5.74) is 0. The van der Waals surface area contributed by atoms with Gasteiger partial charge in [-0.1, -0.05) is 6.92 Å². The predicted molar refractivity (Wildman–Crippen MR) is 84.5 cm³/mol. The van der Waals surface area contributed by atoms with E-state index >= 15 is 0 Å². The summed E-state index contributed by atoms with van der Waals surface area (Å²) in [4.78, 5) is 14.1. The molecular weight excluding hydrogens is 290 g/mol. The summed E-state index contributed by atoms with van der Waals surface area (Å²) in [6, 6.07) is -0.0559. The number of hydrogen-bond donors (Lipinski definition) is 1. The Morgan fingerprint density at radius 3 is 2.38 bits per heavy atom. The van der Waals surface area contributed by atoms with Crippen molar-refractivity contribution in [3.05, 3.63) is 0 Å². The van der Waals surface area contributed by atoms with E-state index in [0.717, 1.165) is 6.42 Å². The van der Waals surface area contributed by atoms with Crippen LogP contribution in [-0.2, 0) is 14.8 Å². The fourth-order valence-corrected chi connectivity index (χ4v) is 3.80. The van der Waals surface area contributed by atoms with E-state index in [2.05, 4.69) is 5.32 Å². The van der Waals surface area contributed by atoms with E-state index in [1.807, 2.05) is 32.6 Å². The molecule has 0 saturated carbocycles. The first-order valence-corrected chi connectivity index (χ1v) is 9.55. The number of rotatable bonds is 6. The molecule has 1 N–H and O–H groups in total. The second-order valence-electron chi connectivity index (χ2n) is 5.89. The van der Waals surface area contributed by atoms with Crippen molar-refractivity contribution in [2.24, 2.45) is 5.92 Å². The maximum absolute atomic E-state index is 12.3. The number of hydrogen-bond acceptors (Lipinski definition) is 4. The van der Waals surface area contributed by atoms with Gasteiger partial charge in [-0.15, -0.1) is 0 Å². The average Bonchev–Trinajstić information content (AvgIpc) is 2.41. The van der Waals surface area contributed by atoms with E-state index in [4.69, 9.17) is 0 Å². The van der Waals surface area contributed by atoms with Crippen molar-refractivity contribution < 1.29 is 13.2 Å². The molecule has 0 spiro atoms. The topological polar surface area (TPSA) is 69.7 Å². The Morgan fingerprint density at radius 2 is 1.95 bits per heavy atom. The van der Waals surface area contributed by atoms with Gasteiger partial charge in [0.25, 0.3) is 0 Å². The lowest BCUT2D eigenvalue weighted by Gasteiger charge is -2.37. The van der Waals surface area contributed by atoms with Crippen molar-refractivity contribution in [3.63, 3.8) is 0 Å². The molecule has 0 radical (unpaired) electrons. The zero-order valence-electron chi connectivity index (χ0n) is 13.8. The van der Waals surface area contributed by atoms with Gasteiger partial charge in [0.05, 0.1) is 12.3 Å². The van der Waals surface area contributed by atoms with E-state index in [-0.39, 0.29) is 23.9 Å². The second-order valence-corrected chi connectivity index (χ2v) is 7.87. The number of piperidine rings is 1. The van der Waals surface area contributed by atoms with Crippen LogP contribution in [0.4, 0.5) is 0 Å². The van der Waals surface area contributed by atoms with Crippen LogP contribution in [0.3, 0.4) is 0 Å². The minimum atomic E-state index is -3.12. The summed E-state index contributed by atoms with van der Waals surface area (Å²) in [5.74, 6) is 0.304. The quantitative estimate of drug-likeness (QED) is 0.774. The van der Waals surface area contributed by atoms with Crippen LogP contribution in [0, 0.1) is 5.92 Å². The number of carbonyl (C=O) groups is 1. The van der Waals surface area contributed by atoms with Gasteiger partial charge in [-0.25, -0.2) is 12.7 Å². The van der Waals surface area contributed by atoms with Gasteiger partial charge in [0.2, 0.25) is 15.9 Å². The molecule has 1 aliphatic rings. The van der Waals surface area contributed by atoms with Crippen molar-refractivity contribution in [1.82, 2.24) is 14.5 Å². The Morgan fingerprint density at radius 1 is 1.38 bits per heavy atom. The summed E-state index contributed by atoms with van der Waals surface area (Å²) < 4.78 is 24.7. The van der Waals surface area contributed by atoms with Crippen LogP contribution >= 0.6 is 0 Å². The summed E-state index contributed by atoms with van der Waals surface area (Å²) in [5, 5.41) is 3.38. The Labute approximate surface area is 128 Å². The fraction of sp³-hybridized carbons (Fsp3) is 0.929. The van der Waals surface area contributed by atoms with Crippen LogP contribution in [0.25, 0.3) is 0 Å². The molecule has 7 heteroatoms. The third kappa shape index (κ3) is 4.93. The maximum Gasteiger partial charge on any atom is 0.239 e. The minimum Gasteiger partial charge on any atom is -0.342 e. The number of likely N-dealkylation sites (N-methyl/N-ethyl adjacent to an activating group) is 1. The van der Waals surface area contributed by atoms with E-state index in [1.165, 1.54) is 10.6 Å². The highest BCUT2D eigenvalue weighted by atomic mass is 32.2. The van der Waals surface area contributed by atoms with E-state index in [1.54, 1.807) is 0 Å². The first-order chi connectivity index (χ1) is 9.70. The van der Waals surface area contributed by atoms with Crippen molar-refractivity contribution in [2.45, 2.75) is 46.2 Å². The normalized spacial score (nSPS) is 25.6. The Balaban J connectivity index is 2.59. The SMILES string of the molecule is CCN(CC)C(=O)C(C)NC1CCN(S(C)(=O)=O)CC1C. The predicted octanol–water partition coefficient (Wildman–Crippen LogP) is 0.503. The summed E-state index contributed by atoms with van der Waals surface area (Å²) in [6.07, 6.45) is 1.99. The zero-order valence-corrected chi connectivity index (χ0v) is 14.6. The standard InChI is InChI=1S/C14H29N3O3S/c1-6-16(7-2)14(18)12(4)15-13-8-9-17(10-11(13)3)21(5,19)20/h11-13,15H,6-10H2,1-5H3. The number of sulfonamides is 1. The molecule has 1 amide bonds. The molecule has 1 aliphatic heterocycles. The van der Waals surface area contributed by atoms with Crippen LogP contribution < -0.4 is 5.32 Å². The van der Waals surface area contributed by atoms with Crippen LogP contribution in [0.2, 0.25) is 0 Å². The zero-order chi connectivity index (χ0) is 16.2. The minimum absolute atomic E-state index is 0.109. The lowest BCUT2D eigenvalue weighted by Crippen LogP contribution is -2.55. The van der Waals surface area contributed by atoms with Gasteiger partial charge in [0, 0.05) is 32.2 Å². The highest BCUT2D eigenvalue weighted by Gasteiger charge is 2.32. The van der Waals surface area contributed by atoms with Gasteiger partial charge >= 0.3 is 0 Å². The second kappa shape index (κ2) is 7.56. The molecule has 1 saturated heterocycles. The third-order valence-electron chi connectivity index (χ3n) is 4.25. The Kier molecular flexibility index (Phi) is 6.62. The molecule has 124 valence electrons. The monoisotopic (exact) mass is 319 g/mol. The molecule has 0 aliphatic carbocycles. The van der Waals surface area contributed by atoms with Crippen molar-refractivity contribution in [1.29, 1.82) is 0 Å². The summed E-state index contributed by atoms with van der Waals surface area (Å²) in [6.45, 7) is 10.3. The summed E-state index contributed by atoms with van der Waals surface area (Å²) >= 11 is 0. The van der Waals surface area contributed by atoms with Gasteiger partial charge in [0.15, 0.2) is 0 Å². The molecule has 0 aromatic heterocycles. The summed E-state index contributed by atoms with van der Waals surface area (Å²) in [7, 11) is -3.12. The van der Waals surface area contributed by atoms with Crippen LogP contribution in [0.5, 0.6) is 0 Å². The molecule has 1 fully saturated rings. The van der Waals surface area contributed by atoms with E-state index in [9.17, 15) is 13.2 Å². The van der Waals surface area contributed by atoms with Crippen molar-refractivity contribution in [2.75, 3.05) is 32.4 Å². The molecule has 0 aromatic rings. The van der Waals surface area contributed by atoms with Gasteiger partial charge in [-0.3, -0.25) is 4.79 Å². The van der Waals surface area contributed by atoms with Crippen molar-refractivity contribution in [3.8, 4) is 0 Å². The number of nitrogens with zero attached hydrogens (tertiary/aromatic N) is 2. The van der Waals surface area contributed by atoms with Gasteiger partial charge in [-0.2, -0.15) is 0 Å². The molecule has 0 bridgehead atoms. The van der Waals surface area contributed by atoms with Crippen LogP contribution in [-0.4, -0.2) is 68.0 Å². The Bertz CT molecular complexity index is 448. The molecule has 1 rings (SSSR count). The molecule has 0 aromatic carbocycles. The third-order valence-corrected chi connectivity index (χ3v) is 5.52. The smallest absolute Gasteiger partial charge is 0.239 e. The average molecular weight is 319 g/mol.